The van der Waals surface area contributed by atoms with Gasteiger partial charge in [-0.15, -0.1) is 0 Å². The molecule has 1 aromatic carbocycles. The molecule has 0 amide bonds. The van der Waals surface area contributed by atoms with Gasteiger partial charge in [-0.2, -0.15) is 0 Å². The van der Waals surface area contributed by atoms with Crippen LogP contribution in [0, 0.1) is 0 Å². The second kappa shape index (κ2) is 4.16. The van der Waals surface area contributed by atoms with Gasteiger partial charge in [-0.1, -0.05) is 0 Å². The molecule has 0 unspecified atom stereocenters. The van der Waals surface area contributed by atoms with Crippen LogP contribution in [-0.2, 0) is 20.4 Å². The molecule has 0 saturated carbocycles. The molecule has 1 aliphatic rings. The summed E-state index contributed by atoms with van der Waals surface area (Å²) in [6.07, 6.45) is 5.48. The van der Waals surface area contributed by atoms with Crippen molar-refractivity contribution in [2.45, 2.75) is 6.42 Å². The van der Waals surface area contributed by atoms with Gasteiger partial charge < -0.3 is 0 Å². The molecule has 0 spiro atoms. The number of ether oxygens (including phenoxy) is 1. The Morgan fingerprint density at radius 1 is 1.21 bits per heavy atom. The van der Waals surface area contributed by atoms with Crippen LogP contribution >= 0.6 is 0 Å². The predicted octanol–water partition coefficient (Wildman–Crippen LogP) is 2.91. The van der Waals surface area contributed by atoms with E-state index in [1.54, 1.807) is 7.11 Å². The molecule has 1 aliphatic carbocycles. The third-order valence-electron chi connectivity index (χ3n) is 2.33. The molecule has 0 bridgehead atoms. The molecule has 2 heteroatoms. The summed E-state index contributed by atoms with van der Waals surface area (Å²) in [5.41, 5.74) is 2.63. The Labute approximate surface area is 95.9 Å². The summed E-state index contributed by atoms with van der Waals surface area (Å²) >= 11 is 2.18. The second-order valence-corrected chi connectivity index (χ2v) is 4.17. The molecular formula is C12H11OTi. The second-order valence-electron chi connectivity index (χ2n) is 3.23. The molecule has 2 rings (SSSR count). The first kappa shape index (κ1) is 9.76. The Bertz CT molecular complexity index is 387. The fourth-order valence-electron chi connectivity index (χ4n) is 1.55. The number of allylic oxidation sites excluding steroid dienone is 4. The molecule has 0 fully saturated rings. The maximum absolute atomic E-state index is 5.12. The molecule has 0 heterocycles. The van der Waals surface area contributed by atoms with Gasteiger partial charge in [-0.05, 0) is 0 Å². The van der Waals surface area contributed by atoms with Gasteiger partial charge in [-0.3, -0.25) is 0 Å². The minimum absolute atomic E-state index is 0.911. The van der Waals surface area contributed by atoms with Crippen LogP contribution in [0.2, 0.25) is 0 Å². The molecule has 0 radical (unpaired) electrons. The molecule has 1 nitrogen and oxygen atoms in total. The predicted molar refractivity (Wildman–Crippen MR) is 53.7 cm³/mol. The summed E-state index contributed by atoms with van der Waals surface area (Å²) in [4.78, 5) is 0. The van der Waals surface area contributed by atoms with Crippen LogP contribution < -0.4 is 4.74 Å². The van der Waals surface area contributed by atoms with Crippen molar-refractivity contribution in [3.63, 3.8) is 0 Å². The average Bonchev–Trinajstić information content (AvgIpc) is 2.65. The minimum atomic E-state index is 0.911. The first-order chi connectivity index (χ1) is 6.81. The Kier molecular flexibility index (Phi) is 2.90. The fourth-order valence-corrected chi connectivity index (χ4v) is 2.09. The quantitative estimate of drug-likeness (QED) is 0.695. The molecule has 14 heavy (non-hydrogen) atoms. The molecular weight excluding hydrogens is 208 g/mol. The van der Waals surface area contributed by atoms with Crippen molar-refractivity contribution in [2.24, 2.45) is 0 Å². The van der Waals surface area contributed by atoms with Gasteiger partial charge >= 0.3 is 95.9 Å². The van der Waals surface area contributed by atoms with Crippen LogP contribution in [0.15, 0.2) is 40.3 Å². The normalized spacial score (nSPS) is 14.9. The van der Waals surface area contributed by atoms with Crippen LogP contribution in [0.3, 0.4) is 0 Å². The van der Waals surface area contributed by atoms with E-state index in [0.29, 0.717) is 0 Å². The molecule has 69 valence electrons. The zero-order valence-corrected chi connectivity index (χ0v) is 9.64. The van der Waals surface area contributed by atoms with E-state index in [1.165, 1.54) is 15.0 Å². The Morgan fingerprint density at radius 3 is 2.43 bits per heavy atom. The van der Waals surface area contributed by atoms with E-state index in [9.17, 15) is 0 Å². The average molecular weight is 219 g/mol. The molecule has 0 atom stereocenters. The van der Waals surface area contributed by atoms with E-state index in [0.717, 1.165) is 12.2 Å². The third kappa shape index (κ3) is 1.84. The van der Waals surface area contributed by atoms with Crippen molar-refractivity contribution in [3.8, 4) is 5.75 Å². The first-order valence-corrected chi connectivity index (χ1v) is 5.35. The fraction of sp³-hybridized carbons (Fsp3) is 0.167. The van der Waals surface area contributed by atoms with Crippen molar-refractivity contribution >= 4 is 5.57 Å². The maximum atomic E-state index is 5.12. The number of methoxy groups -OCH3 is 1. The van der Waals surface area contributed by atoms with E-state index in [4.69, 9.17) is 4.74 Å². The standard InChI is InChI=1S/C12H11O.Ti/c1-13-12-8-6-11(7-9-12)10-4-2-3-5-10;/h2,4,6-9H,3H2,1H3;. The van der Waals surface area contributed by atoms with Crippen LogP contribution in [0.25, 0.3) is 5.57 Å². The van der Waals surface area contributed by atoms with Crippen molar-refractivity contribution in [2.75, 3.05) is 7.11 Å². The van der Waals surface area contributed by atoms with Crippen LogP contribution in [0.4, 0.5) is 0 Å². The van der Waals surface area contributed by atoms with E-state index in [2.05, 4.69) is 44.7 Å². The van der Waals surface area contributed by atoms with Gasteiger partial charge in [0.1, 0.15) is 0 Å². The van der Waals surface area contributed by atoms with Gasteiger partial charge in [0.05, 0.1) is 0 Å². The van der Waals surface area contributed by atoms with Gasteiger partial charge in [0.2, 0.25) is 0 Å². The van der Waals surface area contributed by atoms with Crippen molar-refractivity contribution in [3.05, 3.63) is 45.9 Å². The van der Waals surface area contributed by atoms with E-state index < -0.39 is 0 Å². The van der Waals surface area contributed by atoms with E-state index in [1.807, 2.05) is 12.1 Å². The topological polar surface area (TPSA) is 9.23 Å². The van der Waals surface area contributed by atoms with Crippen LogP contribution in [0.1, 0.15) is 12.0 Å². The number of benzene rings is 1. The van der Waals surface area contributed by atoms with Crippen molar-refractivity contribution in [1.82, 2.24) is 0 Å². The summed E-state index contributed by atoms with van der Waals surface area (Å²) in [5, 5.41) is 0. The first-order valence-electron chi connectivity index (χ1n) is 4.57. The molecule has 0 aromatic heterocycles. The van der Waals surface area contributed by atoms with Crippen LogP contribution in [-0.4, -0.2) is 7.11 Å². The van der Waals surface area contributed by atoms with Crippen LogP contribution in [0.5, 0.6) is 5.75 Å². The van der Waals surface area contributed by atoms with Crippen molar-refractivity contribution in [1.29, 1.82) is 0 Å². The number of hydrogen-bond acceptors (Lipinski definition) is 1. The zero-order valence-electron chi connectivity index (χ0n) is 8.08. The summed E-state index contributed by atoms with van der Waals surface area (Å²) < 4.78 is 6.56. The monoisotopic (exact) mass is 219 g/mol. The summed E-state index contributed by atoms with van der Waals surface area (Å²) in [6, 6.07) is 8.21. The third-order valence-corrected chi connectivity index (χ3v) is 3.07. The Hall–Kier alpha value is -0.786. The number of rotatable bonds is 2. The summed E-state index contributed by atoms with van der Waals surface area (Å²) in [6.45, 7) is 0. The summed E-state index contributed by atoms with van der Waals surface area (Å²) in [5.74, 6) is 0.911. The van der Waals surface area contributed by atoms with Gasteiger partial charge in [0.25, 0.3) is 0 Å². The molecule has 0 aliphatic heterocycles. The molecule has 1 aromatic rings. The Balaban J connectivity index is 2.34. The Morgan fingerprint density at radius 2 is 1.93 bits per heavy atom. The van der Waals surface area contributed by atoms with Crippen molar-refractivity contribution < 1.29 is 25.2 Å². The molecule has 0 saturated heterocycles. The van der Waals surface area contributed by atoms with E-state index >= 15 is 0 Å². The zero-order chi connectivity index (χ0) is 9.97. The molecule has 0 N–H and O–H groups in total. The van der Waals surface area contributed by atoms with Gasteiger partial charge in [0, 0.05) is 0 Å². The SMILES string of the molecule is COc1ccc(C2=[C]([Ti])CC=C2)cc1. The van der Waals surface area contributed by atoms with E-state index in [-0.39, 0.29) is 0 Å². The van der Waals surface area contributed by atoms with Gasteiger partial charge in [0.15, 0.2) is 0 Å². The van der Waals surface area contributed by atoms with Gasteiger partial charge in [-0.25, -0.2) is 0 Å². The summed E-state index contributed by atoms with van der Waals surface area (Å²) in [7, 11) is 1.69. The number of hydrogen-bond donors (Lipinski definition) is 0.